The van der Waals surface area contributed by atoms with Crippen LogP contribution in [0.2, 0.25) is 0 Å². The number of hydrogen-bond acceptors (Lipinski definition) is 3. The van der Waals surface area contributed by atoms with E-state index >= 15 is 0 Å². The Morgan fingerprint density at radius 1 is 1.33 bits per heavy atom. The fourth-order valence-electron chi connectivity index (χ4n) is 1.87. The Labute approximate surface area is 107 Å². The van der Waals surface area contributed by atoms with E-state index in [9.17, 15) is 9.59 Å². The van der Waals surface area contributed by atoms with E-state index in [4.69, 9.17) is 9.84 Å². The molecule has 6 nitrogen and oxygen atoms in total. The van der Waals surface area contributed by atoms with Crippen molar-refractivity contribution < 1.29 is 19.4 Å². The highest BCUT2D eigenvalue weighted by Crippen LogP contribution is 2.27. The molecule has 104 valence electrons. The van der Waals surface area contributed by atoms with Gasteiger partial charge in [-0.25, -0.2) is 4.79 Å². The molecule has 0 aromatic heterocycles. The Bertz CT molecular complexity index is 292. The molecule has 2 amide bonds. The summed E-state index contributed by atoms with van der Waals surface area (Å²) in [4.78, 5) is 26.2. The van der Waals surface area contributed by atoms with Crippen LogP contribution in [0.5, 0.6) is 0 Å². The molecule has 0 heterocycles. The molecule has 1 N–H and O–H groups in total. The molecule has 1 aliphatic rings. The van der Waals surface area contributed by atoms with Crippen molar-refractivity contribution in [3.8, 4) is 0 Å². The topological polar surface area (TPSA) is 70.1 Å². The summed E-state index contributed by atoms with van der Waals surface area (Å²) in [5.74, 6) is -0.973. The fraction of sp³-hybridized carbons (Fsp3) is 0.833. The number of ether oxygens (including phenoxy) is 1. The van der Waals surface area contributed by atoms with E-state index < -0.39 is 5.97 Å². The molecule has 1 aliphatic carbocycles. The lowest BCUT2D eigenvalue weighted by Gasteiger charge is -2.29. The van der Waals surface area contributed by atoms with Gasteiger partial charge in [0.05, 0.1) is 6.61 Å². The predicted octanol–water partition coefficient (Wildman–Crippen LogP) is 1.01. The van der Waals surface area contributed by atoms with E-state index in [0.29, 0.717) is 19.7 Å². The van der Waals surface area contributed by atoms with Crippen molar-refractivity contribution in [2.24, 2.45) is 0 Å². The number of urea groups is 1. The van der Waals surface area contributed by atoms with Crippen molar-refractivity contribution in [2.75, 3.05) is 33.4 Å². The first-order valence-corrected chi connectivity index (χ1v) is 6.36. The molecule has 0 unspecified atom stereocenters. The Kier molecular flexibility index (Phi) is 5.91. The van der Waals surface area contributed by atoms with Gasteiger partial charge in [0, 0.05) is 26.2 Å². The minimum Gasteiger partial charge on any atom is -0.480 e. The van der Waals surface area contributed by atoms with E-state index in [1.54, 1.807) is 12.0 Å². The Balaban J connectivity index is 2.61. The van der Waals surface area contributed by atoms with Gasteiger partial charge in [0.15, 0.2) is 0 Å². The summed E-state index contributed by atoms with van der Waals surface area (Å²) in [6, 6.07) is 0.0830. The molecule has 1 saturated carbocycles. The number of carboxylic acid groups (broad SMARTS) is 1. The summed E-state index contributed by atoms with van der Waals surface area (Å²) in [6.45, 7) is 3.18. The second-order valence-electron chi connectivity index (χ2n) is 4.52. The van der Waals surface area contributed by atoms with E-state index in [1.165, 1.54) is 4.90 Å². The first kappa shape index (κ1) is 14.8. The first-order valence-electron chi connectivity index (χ1n) is 6.36. The third kappa shape index (κ3) is 4.52. The van der Waals surface area contributed by atoms with Crippen LogP contribution in [-0.2, 0) is 9.53 Å². The Morgan fingerprint density at radius 2 is 2.00 bits per heavy atom. The predicted molar refractivity (Wildman–Crippen MR) is 66.5 cm³/mol. The number of methoxy groups -OCH3 is 1. The summed E-state index contributed by atoms with van der Waals surface area (Å²) in [7, 11) is 1.59. The third-order valence-electron chi connectivity index (χ3n) is 2.86. The van der Waals surface area contributed by atoms with Gasteiger partial charge < -0.3 is 19.6 Å². The Morgan fingerprint density at radius 3 is 2.44 bits per heavy atom. The second-order valence-corrected chi connectivity index (χ2v) is 4.52. The van der Waals surface area contributed by atoms with Gasteiger partial charge in [-0.15, -0.1) is 0 Å². The molecule has 6 heteroatoms. The molecule has 0 radical (unpaired) electrons. The van der Waals surface area contributed by atoms with Gasteiger partial charge >= 0.3 is 12.0 Å². The van der Waals surface area contributed by atoms with Crippen molar-refractivity contribution in [2.45, 2.75) is 32.2 Å². The SMILES string of the molecule is CCCN(CC(=O)O)C(=O)N(CCOC)C1CC1. The molecule has 1 fully saturated rings. The van der Waals surface area contributed by atoms with Crippen LogP contribution in [0.15, 0.2) is 0 Å². The molecule has 18 heavy (non-hydrogen) atoms. The van der Waals surface area contributed by atoms with Crippen LogP contribution in [0.25, 0.3) is 0 Å². The maximum absolute atomic E-state index is 12.3. The average Bonchev–Trinajstić information content (AvgIpc) is 3.12. The normalized spacial score (nSPS) is 14.3. The first-order chi connectivity index (χ1) is 8.60. The molecule has 0 bridgehead atoms. The fourth-order valence-corrected chi connectivity index (χ4v) is 1.87. The van der Waals surface area contributed by atoms with Crippen LogP contribution in [0, 0.1) is 0 Å². The lowest BCUT2D eigenvalue weighted by molar-refractivity contribution is -0.137. The molecule has 0 aromatic rings. The molecule has 0 saturated heterocycles. The average molecular weight is 258 g/mol. The maximum Gasteiger partial charge on any atom is 0.323 e. The van der Waals surface area contributed by atoms with Gasteiger partial charge in [-0.1, -0.05) is 6.92 Å². The molecule has 0 aromatic carbocycles. The number of rotatable bonds is 8. The van der Waals surface area contributed by atoms with Crippen LogP contribution in [0.1, 0.15) is 26.2 Å². The highest BCUT2D eigenvalue weighted by atomic mass is 16.5. The number of carbonyl (C=O) groups is 2. The van der Waals surface area contributed by atoms with Crippen LogP contribution in [0.4, 0.5) is 4.79 Å². The number of aliphatic carboxylic acids is 1. The highest BCUT2D eigenvalue weighted by Gasteiger charge is 2.34. The minimum absolute atomic E-state index is 0.182. The van der Waals surface area contributed by atoms with Gasteiger partial charge in [-0.05, 0) is 19.3 Å². The second kappa shape index (κ2) is 7.20. The van der Waals surface area contributed by atoms with Crippen LogP contribution >= 0.6 is 0 Å². The summed E-state index contributed by atoms with van der Waals surface area (Å²) in [5.41, 5.74) is 0. The van der Waals surface area contributed by atoms with E-state index in [0.717, 1.165) is 19.3 Å². The van der Waals surface area contributed by atoms with Gasteiger partial charge in [-0.3, -0.25) is 4.79 Å². The zero-order chi connectivity index (χ0) is 13.5. The minimum atomic E-state index is -0.973. The van der Waals surface area contributed by atoms with Crippen molar-refractivity contribution in [1.82, 2.24) is 9.80 Å². The number of nitrogens with zero attached hydrogens (tertiary/aromatic N) is 2. The number of carboxylic acids is 1. The van der Waals surface area contributed by atoms with Crippen molar-refractivity contribution in [1.29, 1.82) is 0 Å². The maximum atomic E-state index is 12.3. The smallest absolute Gasteiger partial charge is 0.323 e. The zero-order valence-electron chi connectivity index (χ0n) is 11.1. The van der Waals surface area contributed by atoms with E-state index in [1.807, 2.05) is 6.92 Å². The summed E-state index contributed by atoms with van der Waals surface area (Å²) in [6.07, 6.45) is 2.76. The number of carbonyl (C=O) groups excluding carboxylic acids is 1. The Hall–Kier alpha value is -1.30. The number of hydrogen-bond donors (Lipinski definition) is 1. The summed E-state index contributed by atoms with van der Waals surface area (Å²) < 4.78 is 4.99. The molecule has 0 atom stereocenters. The molecular formula is C12H22N2O4. The molecular weight excluding hydrogens is 236 g/mol. The van der Waals surface area contributed by atoms with Gasteiger partial charge in [0.2, 0.25) is 0 Å². The third-order valence-corrected chi connectivity index (χ3v) is 2.86. The zero-order valence-corrected chi connectivity index (χ0v) is 11.1. The van der Waals surface area contributed by atoms with Gasteiger partial charge in [-0.2, -0.15) is 0 Å². The number of amides is 2. The lowest BCUT2D eigenvalue weighted by atomic mass is 10.4. The van der Waals surface area contributed by atoms with Crippen LogP contribution in [0.3, 0.4) is 0 Å². The van der Waals surface area contributed by atoms with Crippen LogP contribution in [-0.4, -0.2) is 66.3 Å². The van der Waals surface area contributed by atoms with Gasteiger partial charge in [0.1, 0.15) is 6.54 Å². The van der Waals surface area contributed by atoms with E-state index in [-0.39, 0.29) is 18.6 Å². The van der Waals surface area contributed by atoms with Crippen molar-refractivity contribution in [3.63, 3.8) is 0 Å². The standard InChI is InChI=1S/C12H22N2O4/c1-3-6-13(9-11(15)16)12(17)14(7-8-18-2)10-4-5-10/h10H,3-9H2,1-2H3,(H,15,16). The van der Waals surface area contributed by atoms with Crippen LogP contribution < -0.4 is 0 Å². The highest BCUT2D eigenvalue weighted by molar-refractivity contribution is 5.80. The summed E-state index contributed by atoms with van der Waals surface area (Å²) >= 11 is 0. The van der Waals surface area contributed by atoms with E-state index in [2.05, 4.69) is 0 Å². The molecule has 0 aliphatic heterocycles. The lowest BCUT2D eigenvalue weighted by Crippen LogP contribution is -2.47. The summed E-state index contributed by atoms with van der Waals surface area (Å²) in [5, 5.41) is 8.83. The van der Waals surface area contributed by atoms with Gasteiger partial charge in [0.25, 0.3) is 0 Å². The molecule has 0 spiro atoms. The molecule has 1 rings (SSSR count). The quantitative estimate of drug-likeness (QED) is 0.705. The van der Waals surface area contributed by atoms with Crippen molar-refractivity contribution >= 4 is 12.0 Å². The monoisotopic (exact) mass is 258 g/mol. The van der Waals surface area contributed by atoms with Crippen molar-refractivity contribution in [3.05, 3.63) is 0 Å². The largest absolute Gasteiger partial charge is 0.480 e.